The van der Waals surface area contributed by atoms with Crippen LogP contribution in [0.15, 0.2) is 41.3 Å². The molecule has 0 saturated carbocycles. The first kappa shape index (κ1) is 17.7. The molecule has 0 aromatic heterocycles. The zero-order valence-corrected chi connectivity index (χ0v) is 15.2. The van der Waals surface area contributed by atoms with Crippen molar-refractivity contribution in [2.45, 2.75) is 43.7 Å². The van der Waals surface area contributed by atoms with E-state index in [9.17, 15) is 12.8 Å². The van der Waals surface area contributed by atoms with Gasteiger partial charge in [-0.15, -0.1) is 0 Å². The zero-order valence-electron chi connectivity index (χ0n) is 14.3. The van der Waals surface area contributed by atoms with Crippen molar-refractivity contribution in [3.63, 3.8) is 0 Å². The van der Waals surface area contributed by atoms with E-state index in [0.29, 0.717) is 29.0 Å². The first-order valence-corrected chi connectivity index (χ1v) is 9.43. The molecule has 1 unspecified atom stereocenters. The number of fused-ring (bicyclic) bond motifs is 1. The summed E-state index contributed by atoms with van der Waals surface area (Å²) in [6.45, 7) is 5.36. The smallest absolute Gasteiger partial charge is 0.241 e. The van der Waals surface area contributed by atoms with Crippen LogP contribution in [0, 0.1) is 12.7 Å². The molecule has 5 nitrogen and oxygen atoms in total. The van der Waals surface area contributed by atoms with Crippen LogP contribution in [0.4, 0.5) is 10.1 Å². The standard InChI is InChI=1S/C18H21FN2O3S/c1-11-4-6-13(9-15(11)19)25(22,23)21-16-10-18(2,3)24-17-7-5-12(20)8-14(16)17/h4-9,16,21H,10,20H2,1-3H3. The van der Waals surface area contributed by atoms with E-state index in [0.717, 1.165) is 6.07 Å². The highest BCUT2D eigenvalue weighted by atomic mass is 32.2. The molecule has 0 bridgehead atoms. The number of nitrogen functional groups attached to an aromatic ring is 1. The summed E-state index contributed by atoms with van der Waals surface area (Å²) in [7, 11) is -3.89. The summed E-state index contributed by atoms with van der Waals surface area (Å²) in [5.41, 5.74) is 6.88. The van der Waals surface area contributed by atoms with Crippen LogP contribution >= 0.6 is 0 Å². The lowest BCUT2D eigenvalue weighted by Gasteiger charge is -2.37. The third-order valence-corrected chi connectivity index (χ3v) is 5.71. The molecule has 7 heteroatoms. The quantitative estimate of drug-likeness (QED) is 0.819. The molecular formula is C18H21FN2O3S. The Kier molecular flexibility index (Phi) is 4.25. The summed E-state index contributed by atoms with van der Waals surface area (Å²) in [5, 5.41) is 0. The summed E-state index contributed by atoms with van der Waals surface area (Å²) < 4.78 is 47.8. The van der Waals surface area contributed by atoms with Crippen molar-refractivity contribution < 1.29 is 17.5 Å². The maximum absolute atomic E-state index is 13.8. The fraction of sp³-hybridized carbons (Fsp3) is 0.333. The molecule has 2 aromatic carbocycles. The topological polar surface area (TPSA) is 81.4 Å². The van der Waals surface area contributed by atoms with Gasteiger partial charge in [0.25, 0.3) is 0 Å². The summed E-state index contributed by atoms with van der Waals surface area (Å²) in [4.78, 5) is -0.106. The molecule has 0 radical (unpaired) electrons. The molecule has 2 aromatic rings. The average Bonchev–Trinajstić information content (AvgIpc) is 2.49. The second kappa shape index (κ2) is 6.00. The van der Waals surface area contributed by atoms with Crippen LogP contribution in [0.5, 0.6) is 5.75 Å². The number of sulfonamides is 1. The predicted molar refractivity (Wildman–Crippen MR) is 94.4 cm³/mol. The van der Waals surface area contributed by atoms with Gasteiger partial charge in [-0.1, -0.05) is 6.07 Å². The minimum Gasteiger partial charge on any atom is -0.487 e. The SMILES string of the molecule is Cc1ccc(S(=O)(=O)NC2CC(C)(C)Oc3ccc(N)cc32)cc1F. The summed E-state index contributed by atoms with van der Waals surface area (Å²) in [6.07, 6.45) is 0.428. The molecule has 0 saturated heterocycles. The second-order valence-corrected chi connectivity index (χ2v) is 8.66. The van der Waals surface area contributed by atoms with Crippen LogP contribution in [0.2, 0.25) is 0 Å². The molecule has 0 amide bonds. The largest absolute Gasteiger partial charge is 0.487 e. The van der Waals surface area contributed by atoms with E-state index < -0.39 is 27.5 Å². The highest BCUT2D eigenvalue weighted by Gasteiger charge is 2.36. The maximum atomic E-state index is 13.8. The molecule has 1 aliphatic heterocycles. The highest BCUT2D eigenvalue weighted by molar-refractivity contribution is 7.89. The molecule has 1 atom stereocenters. The van der Waals surface area contributed by atoms with Crippen molar-refractivity contribution in [1.82, 2.24) is 4.72 Å². The number of ether oxygens (including phenoxy) is 1. The normalized spacial score (nSPS) is 19.1. The van der Waals surface area contributed by atoms with E-state index in [4.69, 9.17) is 10.5 Å². The number of benzene rings is 2. The van der Waals surface area contributed by atoms with E-state index in [2.05, 4.69) is 4.72 Å². The lowest BCUT2D eigenvalue weighted by Crippen LogP contribution is -2.41. The van der Waals surface area contributed by atoms with Crippen molar-refractivity contribution in [1.29, 1.82) is 0 Å². The number of halogens is 1. The first-order valence-electron chi connectivity index (χ1n) is 7.94. The Hall–Kier alpha value is -2.12. The maximum Gasteiger partial charge on any atom is 0.241 e. The average molecular weight is 364 g/mol. The molecule has 134 valence electrons. The Labute approximate surface area is 147 Å². The van der Waals surface area contributed by atoms with E-state index in [1.165, 1.54) is 12.1 Å². The Morgan fingerprint density at radius 2 is 1.96 bits per heavy atom. The van der Waals surface area contributed by atoms with Crippen LogP contribution in [0.25, 0.3) is 0 Å². The van der Waals surface area contributed by atoms with Crippen molar-refractivity contribution in [3.05, 3.63) is 53.3 Å². The van der Waals surface area contributed by atoms with Crippen LogP contribution in [0.1, 0.15) is 37.4 Å². The van der Waals surface area contributed by atoms with Gasteiger partial charge in [-0.3, -0.25) is 0 Å². The number of anilines is 1. The summed E-state index contributed by atoms with van der Waals surface area (Å²) in [5.74, 6) is 0.0352. The predicted octanol–water partition coefficient (Wildman–Crippen LogP) is 3.30. The van der Waals surface area contributed by atoms with Gasteiger partial charge in [0.2, 0.25) is 10.0 Å². The minimum absolute atomic E-state index is 0.106. The summed E-state index contributed by atoms with van der Waals surface area (Å²) >= 11 is 0. The third-order valence-electron chi connectivity index (χ3n) is 4.24. The van der Waals surface area contributed by atoms with E-state index >= 15 is 0 Å². The van der Waals surface area contributed by atoms with Crippen molar-refractivity contribution in [3.8, 4) is 5.75 Å². The third kappa shape index (κ3) is 3.62. The highest BCUT2D eigenvalue weighted by Crippen LogP contribution is 2.41. The Morgan fingerprint density at radius 1 is 1.24 bits per heavy atom. The molecule has 1 aliphatic rings. The second-order valence-electron chi connectivity index (χ2n) is 6.95. The number of hydrogen-bond acceptors (Lipinski definition) is 4. The van der Waals surface area contributed by atoms with Crippen LogP contribution in [-0.4, -0.2) is 14.0 Å². The van der Waals surface area contributed by atoms with Gasteiger partial charge in [0.05, 0.1) is 10.9 Å². The van der Waals surface area contributed by atoms with Gasteiger partial charge in [-0.05, 0) is 56.7 Å². The molecule has 3 N–H and O–H groups in total. The van der Waals surface area contributed by atoms with Crippen molar-refractivity contribution in [2.24, 2.45) is 0 Å². The number of nitrogens with two attached hydrogens (primary N) is 1. The molecule has 25 heavy (non-hydrogen) atoms. The van der Waals surface area contributed by atoms with Gasteiger partial charge >= 0.3 is 0 Å². The molecule has 0 fully saturated rings. The fourth-order valence-electron chi connectivity index (χ4n) is 2.97. The lowest BCUT2D eigenvalue weighted by molar-refractivity contribution is 0.0702. The molecular weight excluding hydrogens is 343 g/mol. The summed E-state index contributed by atoms with van der Waals surface area (Å²) in [6, 6.07) is 8.50. The molecule has 1 heterocycles. The van der Waals surface area contributed by atoms with E-state index in [-0.39, 0.29) is 4.90 Å². The van der Waals surface area contributed by atoms with Crippen LogP contribution < -0.4 is 15.2 Å². The van der Waals surface area contributed by atoms with E-state index in [1.54, 1.807) is 25.1 Å². The lowest BCUT2D eigenvalue weighted by atomic mass is 9.90. The van der Waals surface area contributed by atoms with Crippen molar-refractivity contribution in [2.75, 3.05) is 5.73 Å². The van der Waals surface area contributed by atoms with Gasteiger partial charge < -0.3 is 10.5 Å². The van der Waals surface area contributed by atoms with Crippen LogP contribution in [-0.2, 0) is 10.0 Å². The molecule has 3 rings (SSSR count). The Morgan fingerprint density at radius 3 is 2.64 bits per heavy atom. The van der Waals surface area contributed by atoms with Gasteiger partial charge in [-0.25, -0.2) is 17.5 Å². The van der Waals surface area contributed by atoms with Gasteiger partial charge in [0, 0.05) is 17.7 Å². The van der Waals surface area contributed by atoms with E-state index in [1.807, 2.05) is 13.8 Å². The minimum atomic E-state index is -3.89. The first-order chi connectivity index (χ1) is 11.6. The van der Waals surface area contributed by atoms with Gasteiger partial charge in [-0.2, -0.15) is 0 Å². The van der Waals surface area contributed by atoms with Crippen molar-refractivity contribution >= 4 is 15.7 Å². The Bertz CT molecular complexity index is 926. The number of rotatable bonds is 3. The monoisotopic (exact) mass is 364 g/mol. The molecule has 0 spiro atoms. The Balaban J connectivity index is 1.99. The number of nitrogens with one attached hydrogen (secondary N) is 1. The zero-order chi connectivity index (χ0) is 18.4. The fourth-order valence-corrected chi connectivity index (χ4v) is 4.20. The number of aryl methyl sites for hydroxylation is 1. The molecule has 0 aliphatic carbocycles. The van der Waals surface area contributed by atoms with Gasteiger partial charge in [0.1, 0.15) is 17.2 Å². The number of hydrogen-bond donors (Lipinski definition) is 2. The van der Waals surface area contributed by atoms with Crippen LogP contribution in [0.3, 0.4) is 0 Å². The van der Waals surface area contributed by atoms with Gasteiger partial charge in [0.15, 0.2) is 0 Å².